The summed E-state index contributed by atoms with van der Waals surface area (Å²) in [6.45, 7) is 3.95. The van der Waals surface area contributed by atoms with E-state index in [0.717, 1.165) is 36.9 Å². The second-order valence-corrected chi connectivity index (χ2v) is 5.71. The quantitative estimate of drug-likeness (QED) is 0.899. The molecule has 1 heterocycles. The molecule has 0 spiro atoms. The van der Waals surface area contributed by atoms with E-state index < -0.39 is 11.5 Å². The van der Waals surface area contributed by atoms with Gasteiger partial charge in [0.25, 0.3) is 0 Å². The molecule has 0 aromatic heterocycles. The van der Waals surface area contributed by atoms with Crippen LogP contribution in [0.25, 0.3) is 0 Å². The highest BCUT2D eigenvalue weighted by molar-refractivity contribution is 5.78. The van der Waals surface area contributed by atoms with Crippen molar-refractivity contribution in [3.63, 3.8) is 0 Å². The third-order valence-electron chi connectivity index (χ3n) is 4.18. The van der Waals surface area contributed by atoms with E-state index in [-0.39, 0.29) is 0 Å². The Hall–Kier alpha value is -1.39. The lowest BCUT2D eigenvalue weighted by Crippen LogP contribution is -2.54. The van der Waals surface area contributed by atoms with Gasteiger partial charge in [-0.1, -0.05) is 24.3 Å². The van der Waals surface area contributed by atoms with Gasteiger partial charge in [-0.2, -0.15) is 0 Å². The van der Waals surface area contributed by atoms with Crippen LogP contribution < -0.4 is 0 Å². The first-order valence-corrected chi connectivity index (χ1v) is 7.11. The number of carboxylic acids is 1. The molecule has 1 saturated heterocycles. The number of nitrogens with zero attached hydrogens (tertiary/aromatic N) is 1. The minimum Gasteiger partial charge on any atom is -0.480 e. The maximum absolute atomic E-state index is 11.6. The van der Waals surface area contributed by atoms with Crippen molar-refractivity contribution in [2.45, 2.75) is 44.9 Å². The monoisotopic (exact) mass is 277 g/mol. The van der Waals surface area contributed by atoms with Gasteiger partial charge in [0, 0.05) is 13.7 Å². The molecule has 20 heavy (non-hydrogen) atoms. The fraction of sp³-hybridized carbons (Fsp3) is 0.562. The predicted octanol–water partition coefficient (Wildman–Crippen LogP) is 2.66. The minimum atomic E-state index is -0.741. The van der Waals surface area contributed by atoms with Crippen LogP contribution in [0.15, 0.2) is 24.3 Å². The molecule has 1 aromatic rings. The van der Waals surface area contributed by atoms with Crippen LogP contribution in [0.5, 0.6) is 0 Å². The lowest BCUT2D eigenvalue weighted by Gasteiger charge is -2.41. The maximum Gasteiger partial charge on any atom is 0.323 e. The summed E-state index contributed by atoms with van der Waals surface area (Å²) in [6.07, 6.45) is 2.78. The van der Waals surface area contributed by atoms with E-state index in [0.29, 0.717) is 13.2 Å². The Morgan fingerprint density at radius 2 is 2.15 bits per heavy atom. The molecule has 0 aliphatic carbocycles. The Kier molecular flexibility index (Phi) is 4.78. The van der Waals surface area contributed by atoms with Crippen molar-refractivity contribution in [1.29, 1.82) is 0 Å². The van der Waals surface area contributed by atoms with Gasteiger partial charge < -0.3 is 9.84 Å². The number of rotatable bonds is 5. The Labute approximate surface area is 120 Å². The second-order valence-electron chi connectivity index (χ2n) is 5.71. The summed E-state index contributed by atoms with van der Waals surface area (Å²) in [5, 5.41) is 9.52. The molecule has 1 N–H and O–H groups in total. The normalized spacial score (nSPS) is 23.7. The number of hydrogen-bond donors (Lipinski definition) is 1. The Morgan fingerprint density at radius 3 is 2.85 bits per heavy atom. The number of methoxy groups -OCH3 is 1. The largest absolute Gasteiger partial charge is 0.480 e. The molecule has 1 aliphatic rings. The number of piperidine rings is 1. The van der Waals surface area contributed by atoms with E-state index >= 15 is 0 Å². The lowest BCUT2D eigenvalue weighted by molar-refractivity contribution is -0.153. The van der Waals surface area contributed by atoms with Gasteiger partial charge in [-0.05, 0) is 43.9 Å². The maximum atomic E-state index is 11.6. The summed E-state index contributed by atoms with van der Waals surface area (Å²) >= 11 is 0. The molecule has 0 bridgehead atoms. The fourth-order valence-electron chi connectivity index (χ4n) is 2.88. The van der Waals surface area contributed by atoms with Crippen LogP contribution in [0.4, 0.5) is 0 Å². The van der Waals surface area contributed by atoms with E-state index in [9.17, 15) is 9.90 Å². The van der Waals surface area contributed by atoms with Gasteiger partial charge in [0.15, 0.2) is 0 Å². The van der Waals surface area contributed by atoms with E-state index in [1.807, 2.05) is 19.1 Å². The summed E-state index contributed by atoms with van der Waals surface area (Å²) in [7, 11) is 1.68. The van der Waals surface area contributed by atoms with Gasteiger partial charge in [0.2, 0.25) is 0 Å². The van der Waals surface area contributed by atoms with Crippen molar-refractivity contribution >= 4 is 5.97 Å². The van der Waals surface area contributed by atoms with Crippen molar-refractivity contribution in [2.75, 3.05) is 13.7 Å². The number of likely N-dealkylation sites (tertiary alicyclic amines) is 1. The highest BCUT2D eigenvalue weighted by Gasteiger charge is 2.41. The molecule has 0 radical (unpaired) electrons. The van der Waals surface area contributed by atoms with Crippen LogP contribution in [0.3, 0.4) is 0 Å². The minimum absolute atomic E-state index is 0.587. The molecule has 110 valence electrons. The van der Waals surface area contributed by atoms with Gasteiger partial charge in [-0.3, -0.25) is 9.69 Å². The smallest absolute Gasteiger partial charge is 0.323 e. The number of benzene rings is 1. The van der Waals surface area contributed by atoms with Crippen molar-refractivity contribution in [3.05, 3.63) is 35.4 Å². The molecule has 1 unspecified atom stereocenters. The summed E-state index contributed by atoms with van der Waals surface area (Å²) in [6, 6.07) is 8.18. The third-order valence-corrected chi connectivity index (χ3v) is 4.18. The van der Waals surface area contributed by atoms with Crippen LogP contribution in [-0.4, -0.2) is 35.2 Å². The van der Waals surface area contributed by atoms with Crippen molar-refractivity contribution in [1.82, 2.24) is 4.90 Å². The first-order valence-electron chi connectivity index (χ1n) is 7.11. The zero-order chi connectivity index (χ0) is 14.6. The van der Waals surface area contributed by atoms with Gasteiger partial charge in [0.05, 0.1) is 6.61 Å². The molecule has 1 fully saturated rings. The highest BCUT2D eigenvalue weighted by Crippen LogP contribution is 2.29. The van der Waals surface area contributed by atoms with Crippen LogP contribution in [0.1, 0.15) is 37.3 Å². The summed E-state index contributed by atoms with van der Waals surface area (Å²) in [4.78, 5) is 13.7. The van der Waals surface area contributed by atoms with Gasteiger partial charge in [-0.25, -0.2) is 0 Å². The standard InChI is InChI=1S/C16H23NO3/c1-16(15(18)19)8-3-4-9-17(16)11-13-6-5-7-14(10-13)12-20-2/h5-7,10H,3-4,8-9,11-12H2,1-2H3,(H,18,19). The van der Waals surface area contributed by atoms with Crippen molar-refractivity contribution in [3.8, 4) is 0 Å². The zero-order valence-electron chi connectivity index (χ0n) is 12.3. The Balaban J connectivity index is 2.14. The molecule has 2 rings (SSSR count). The van der Waals surface area contributed by atoms with Crippen LogP contribution >= 0.6 is 0 Å². The van der Waals surface area contributed by atoms with Gasteiger partial charge in [0.1, 0.15) is 5.54 Å². The number of ether oxygens (including phenoxy) is 1. The average Bonchev–Trinajstić information content (AvgIpc) is 2.42. The average molecular weight is 277 g/mol. The fourth-order valence-corrected chi connectivity index (χ4v) is 2.88. The number of aliphatic carboxylic acids is 1. The molecule has 4 nitrogen and oxygen atoms in total. The highest BCUT2D eigenvalue weighted by atomic mass is 16.5. The zero-order valence-corrected chi connectivity index (χ0v) is 12.3. The van der Waals surface area contributed by atoms with Crippen molar-refractivity contribution < 1.29 is 14.6 Å². The first-order chi connectivity index (χ1) is 9.56. The van der Waals surface area contributed by atoms with Crippen molar-refractivity contribution in [2.24, 2.45) is 0 Å². The molecule has 4 heteroatoms. The molecule has 1 aromatic carbocycles. The Bertz CT molecular complexity index is 475. The second kappa shape index (κ2) is 6.37. The number of hydrogen-bond acceptors (Lipinski definition) is 3. The topological polar surface area (TPSA) is 49.8 Å². The molecule has 1 atom stereocenters. The van der Waals surface area contributed by atoms with E-state index in [2.05, 4.69) is 17.0 Å². The summed E-state index contributed by atoms with van der Waals surface area (Å²) in [5.74, 6) is -0.717. The van der Waals surface area contributed by atoms with Gasteiger partial charge >= 0.3 is 5.97 Å². The van der Waals surface area contributed by atoms with Gasteiger partial charge in [-0.15, -0.1) is 0 Å². The van der Waals surface area contributed by atoms with Crippen LogP contribution in [-0.2, 0) is 22.7 Å². The van der Waals surface area contributed by atoms with E-state index in [1.54, 1.807) is 7.11 Å². The van der Waals surface area contributed by atoms with Crippen LogP contribution in [0.2, 0.25) is 0 Å². The molecule has 0 saturated carbocycles. The Morgan fingerprint density at radius 1 is 1.40 bits per heavy atom. The SMILES string of the molecule is COCc1cccc(CN2CCCCC2(C)C(=O)O)c1. The van der Waals surface area contributed by atoms with E-state index in [1.165, 1.54) is 0 Å². The predicted molar refractivity (Wildman–Crippen MR) is 77.5 cm³/mol. The molecule has 0 amide bonds. The summed E-state index contributed by atoms with van der Waals surface area (Å²) in [5.41, 5.74) is 1.53. The summed E-state index contributed by atoms with van der Waals surface area (Å²) < 4.78 is 5.14. The number of carboxylic acid groups (broad SMARTS) is 1. The van der Waals surface area contributed by atoms with E-state index in [4.69, 9.17) is 4.74 Å². The molecular formula is C16H23NO3. The third kappa shape index (κ3) is 3.19. The lowest BCUT2D eigenvalue weighted by atomic mass is 9.88. The molecule has 1 aliphatic heterocycles. The molecular weight excluding hydrogens is 254 g/mol. The van der Waals surface area contributed by atoms with Crippen LogP contribution in [0, 0.1) is 0 Å². The number of carbonyl (C=O) groups is 1. The first kappa shape index (κ1) is 15.0.